The lowest BCUT2D eigenvalue weighted by molar-refractivity contribution is -0.194. The lowest BCUT2D eigenvalue weighted by Gasteiger charge is -2.42. The minimum absolute atomic E-state index is 0.00350. The van der Waals surface area contributed by atoms with Crippen molar-refractivity contribution in [2.24, 2.45) is 5.90 Å². The Hall–Kier alpha value is -0.256. The molecule has 0 fully saturated rings. The van der Waals surface area contributed by atoms with Gasteiger partial charge in [-0.2, -0.15) is 0 Å². The van der Waals surface area contributed by atoms with E-state index in [4.69, 9.17) is 24.3 Å². The summed E-state index contributed by atoms with van der Waals surface area (Å²) in [7, 11) is -4.27. The summed E-state index contributed by atoms with van der Waals surface area (Å²) in [6.45, 7) is 26.8. The highest BCUT2D eigenvalue weighted by Gasteiger charge is 2.49. The summed E-state index contributed by atoms with van der Waals surface area (Å²) in [5, 5.41) is -0.0247. The second-order valence-electron chi connectivity index (χ2n) is 11.7. The summed E-state index contributed by atoms with van der Waals surface area (Å²) in [4.78, 5) is 18.4. The van der Waals surface area contributed by atoms with Gasteiger partial charge in [-0.3, -0.25) is 4.84 Å². The number of ether oxygens (including phenoxy) is 1. The van der Waals surface area contributed by atoms with Crippen LogP contribution in [0.1, 0.15) is 62.3 Å². The van der Waals surface area contributed by atoms with Crippen molar-refractivity contribution >= 4 is 22.6 Å². The van der Waals surface area contributed by atoms with E-state index in [0.717, 1.165) is 0 Å². The average molecular weight is 436 g/mol. The molecule has 2 N–H and O–H groups in total. The Bertz CT molecular complexity index is 498. The molecule has 0 saturated carbocycles. The Morgan fingerprint density at radius 1 is 0.750 bits per heavy atom. The van der Waals surface area contributed by atoms with Crippen LogP contribution in [0.5, 0.6) is 0 Å². The first-order chi connectivity index (χ1) is 12.1. The van der Waals surface area contributed by atoms with Crippen molar-refractivity contribution in [3.63, 3.8) is 0 Å². The zero-order valence-corrected chi connectivity index (χ0v) is 22.5. The maximum atomic E-state index is 13.1. The molecule has 0 unspecified atom stereocenters. The van der Waals surface area contributed by atoms with Crippen molar-refractivity contribution in [2.75, 3.05) is 13.2 Å². The van der Waals surface area contributed by atoms with Crippen LogP contribution in [0.4, 0.5) is 0 Å². The summed E-state index contributed by atoms with van der Waals surface area (Å²) in [6, 6.07) is 0. The number of esters is 1. The number of hydrogen-bond acceptors (Lipinski definition) is 6. The van der Waals surface area contributed by atoms with Crippen molar-refractivity contribution in [1.82, 2.24) is 0 Å². The van der Waals surface area contributed by atoms with E-state index in [2.05, 4.69) is 67.7 Å². The maximum absolute atomic E-state index is 13.1. The van der Waals surface area contributed by atoms with Gasteiger partial charge in [0.2, 0.25) is 5.60 Å². The molecule has 0 atom stereocenters. The molecule has 0 aliphatic carbocycles. The second kappa shape index (κ2) is 8.85. The van der Waals surface area contributed by atoms with E-state index in [1.807, 2.05) is 20.8 Å². The van der Waals surface area contributed by atoms with Crippen LogP contribution in [0.25, 0.3) is 0 Å². The monoisotopic (exact) mass is 435 g/mol. The molecule has 0 amide bonds. The second-order valence-corrected chi connectivity index (χ2v) is 21.3. The van der Waals surface area contributed by atoms with Gasteiger partial charge >= 0.3 is 5.97 Å². The van der Waals surface area contributed by atoms with Crippen LogP contribution in [0.15, 0.2) is 0 Å². The lowest BCUT2D eigenvalue weighted by Crippen LogP contribution is -2.58. The van der Waals surface area contributed by atoms with Crippen molar-refractivity contribution in [3.05, 3.63) is 0 Å². The van der Waals surface area contributed by atoms with Crippen LogP contribution < -0.4 is 5.90 Å². The van der Waals surface area contributed by atoms with Gasteiger partial charge in [0.05, 0.1) is 13.2 Å². The van der Waals surface area contributed by atoms with Gasteiger partial charge in [0.15, 0.2) is 16.6 Å². The highest BCUT2D eigenvalue weighted by atomic mass is 28.4. The molecule has 0 spiro atoms. The molecule has 0 radical (unpaired) electrons. The van der Waals surface area contributed by atoms with Gasteiger partial charge in [-0.1, -0.05) is 41.5 Å². The molecule has 8 heteroatoms. The van der Waals surface area contributed by atoms with Gasteiger partial charge in [0.1, 0.15) is 5.60 Å². The first-order valence-electron chi connectivity index (χ1n) is 9.99. The molecule has 0 heterocycles. The van der Waals surface area contributed by atoms with Crippen LogP contribution >= 0.6 is 0 Å². The minimum Gasteiger partial charge on any atom is -0.458 e. The topological polar surface area (TPSA) is 80.0 Å². The van der Waals surface area contributed by atoms with E-state index in [-0.39, 0.29) is 23.3 Å². The summed E-state index contributed by atoms with van der Waals surface area (Å²) in [6.07, 6.45) is 0. The van der Waals surface area contributed by atoms with E-state index >= 15 is 0 Å². The van der Waals surface area contributed by atoms with E-state index < -0.39 is 33.8 Å². The molecule has 0 bridgehead atoms. The molecule has 0 aromatic rings. The molecule has 0 aromatic carbocycles. The molecule has 168 valence electrons. The van der Waals surface area contributed by atoms with Crippen molar-refractivity contribution < 1.29 is 23.2 Å². The van der Waals surface area contributed by atoms with E-state index in [9.17, 15) is 4.79 Å². The molecular formula is C20H45NO5Si2. The fourth-order valence-corrected chi connectivity index (χ4v) is 3.73. The predicted molar refractivity (Wildman–Crippen MR) is 120 cm³/mol. The lowest BCUT2D eigenvalue weighted by atomic mass is 10.1. The molecule has 6 nitrogen and oxygen atoms in total. The smallest absolute Gasteiger partial charge is 0.345 e. The molecule has 0 aliphatic rings. The van der Waals surface area contributed by atoms with Crippen LogP contribution in [0, 0.1) is 0 Å². The predicted octanol–water partition coefficient (Wildman–Crippen LogP) is 5.00. The quantitative estimate of drug-likeness (QED) is 0.328. The van der Waals surface area contributed by atoms with Gasteiger partial charge in [-0.05, 0) is 57.0 Å². The molecule has 28 heavy (non-hydrogen) atoms. The van der Waals surface area contributed by atoms with Crippen molar-refractivity contribution in [2.45, 2.75) is 110 Å². The average Bonchev–Trinajstić information content (AvgIpc) is 2.43. The van der Waals surface area contributed by atoms with Crippen LogP contribution in [0.2, 0.25) is 36.3 Å². The fraction of sp³-hybridized carbons (Fsp3) is 0.950. The summed E-state index contributed by atoms with van der Waals surface area (Å²) in [5.41, 5.74) is -2.17. The summed E-state index contributed by atoms with van der Waals surface area (Å²) < 4.78 is 18.2. The number of rotatable bonds is 8. The summed E-state index contributed by atoms with van der Waals surface area (Å²) in [5.74, 6) is 5.12. The highest BCUT2D eigenvalue weighted by molar-refractivity contribution is 6.74. The highest BCUT2D eigenvalue weighted by Crippen LogP contribution is 2.39. The SMILES string of the molecule is CC(C)(C)OC(=O)C(CO[Si](C)(C)C(C)(C)C)(CO[Si](C)(C)C(C)(C)C)ON. The molecule has 0 rings (SSSR count). The minimum atomic E-state index is -2.13. The molecular weight excluding hydrogens is 390 g/mol. The third kappa shape index (κ3) is 7.53. The number of carbonyl (C=O) groups excluding carboxylic acids is 1. The zero-order chi connectivity index (χ0) is 22.8. The van der Waals surface area contributed by atoms with Gasteiger partial charge in [-0.25, -0.2) is 10.7 Å². The van der Waals surface area contributed by atoms with Gasteiger partial charge < -0.3 is 13.6 Å². The Morgan fingerprint density at radius 2 is 1.07 bits per heavy atom. The fourth-order valence-electron chi connectivity index (χ4n) is 1.67. The number of carbonyl (C=O) groups is 1. The first kappa shape index (κ1) is 27.7. The zero-order valence-electron chi connectivity index (χ0n) is 20.5. The Balaban J connectivity index is 5.78. The molecule has 0 saturated heterocycles. The normalized spacial score (nSPS) is 14.9. The Kier molecular flexibility index (Phi) is 8.77. The van der Waals surface area contributed by atoms with Gasteiger partial charge in [0, 0.05) is 0 Å². The Labute approximate surface area is 175 Å². The molecule has 0 aromatic heterocycles. The maximum Gasteiger partial charge on any atom is 0.345 e. The summed E-state index contributed by atoms with van der Waals surface area (Å²) >= 11 is 0. The Morgan fingerprint density at radius 3 is 1.29 bits per heavy atom. The van der Waals surface area contributed by atoms with Crippen LogP contribution in [-0.4, -0.2) is 47.0 Å². The van der Waals surface area contributed by atoms with Crippen molar-refractivity contribution in [3.8, 4) is 0 Å². The van der Waals surface area contributed by atoms with E-state index in [1.165, 1.54) is 0 Å². The number of nitrogens with two attached hydrogens (primary N) is 1. The largest absolute Gasteiger partial charge is 0.458 e. The molecule has 0 aliphatic heterocycles. The van der Waals surface area contributed by atoms with E-state index in [1.54, 1.807) is 0 Å². The van der Waals surface area contributed by atoms with Crippen molar-refractivity contribution in [1.29, 1.82) is 0 Å². The van der Waals surface area contributed by atoms with Gasteiger partial charge in [0.25, 0.3) is 0 Å². The number of hydrogen-bond donors (Lipinski definition) is 1. The third-order valence-electron chi connectivity index (χ3n) is 5.94. The van der Waals surface area contributed by atoms with Gasteiger partial charge in [-0.15, -0.1) is 0 Å². The van der Waals surface area contributed by atoms with Crippen LogP contribution in [-0.2, 0) is 23.2 Å². The standard InChI is InChI=1S/C20H45NO5Si2/c1-17(2,3)25-16(22)20(26-21,14-23-27(10,11)18(4,5)6)15-24-28(12,13)19(7,8)9/h14-15,21H2,1-13H3. The van der Waals surface area contributed by atoms with Crippen LogP contribution in [0.3, 0.4) is 0 Å². The third-order valence-corrected chi connectivity index (χ3v) is 14.9. The first-order valence-corrected chi connectivity index (χ1v) is 15.8. The van der Waals surface area contributed by atoms with E-state index in [0.29, 0.717) is 0 Å².